The Balaban J connectivity index is 1.06. The molecule has 11 nitrogen and oxygen atoms in total. The second-order valence-electron chi connectivity index (χ2n) is 11.2. The number of anilines is 1. The first kappa shape index (κ1) is 26.0. The summed E-state index contributed by atoms with van der Waals surface area (Å²) < 4.78 is 0. The van der Waals surface area contributed by atoms with Crippen LogP contribution in [0, 0.1) is 0 Å². The van der Waals surface area contributed by atoms with Gasteiger partial charge in [0.05, 0.1) is 11.7 Å². The Bertz CT molecular complexity index is 1650. The summed E-state index contributed by atoms with van der Waals surface area (Å²) in [5.74, 6) is -0.119. The molecule has 0 saturated carbocycles. The Morgan fingerprint density at radius 2 is 1.79 bits per heavy atom. The average molecular weight is 565 g/mol. The normalized spacial score (nSPS) is 19.2. The van der Waals surface area contributed by atoms with E-state index >= 15 is 0 Å². The van der Waals surface area contributed by atoms with Crippen LogP contribution in [0.5, 0.6) is 0 Å². The van der Waals surface area contributed by atoms with Gasteiger partial charge in [0.1, 0.15) is 6.04 Å². The summed E-state index contributed by atoms with van der Waals surface area (Å²) in [6.07, 6.45) is 6.99. The molecule has 2 aromatic carbocycles. The number of nitrogens with zero attached hydrogens (tertiary/aromatic N) is 5. The van der Waals surface area contributed by atoms with E-state index in [4.69, 9.17) is 0 Å². The number of piperidine rings is 1. The van der Waals surface area contributed by atoms with E-state index in [2.05, 4.69) is 25.8 Å². The molecule has 2 aromatic heterocycles. The van der Waals surface area contributed by atoms with Crippen molar-refractivity contribution in [3.63, 3.8) is 0 Å². The number of urea groups is 2. The van der Waals surface area contributed by atoms with Crippen LogP contribution in [0.2, 0.25) is 0 Å². The first-order valence-electron chi connectivity index (χ1n) is 14.4. The SMILES string of the molecule is O=C(N[C@@H]1Cc2ccc3[nH]ncc3c2CN(Cc2ccncc2)C1=O)N1CCC(N2Cc3ccccc3NC2=O)CC1. The van der Waals surface area contributed by atoms with Gasteiger partial charge < -0.3 is 25.3 Å². The summed E-state index contributed by atoms with van der Waals surface area (Å²) >= 11 is 0. The molecule has 0 unspecified atom stereocenters. The summed E-state index contributed by atoms with van der Waals surface area (Å²) in [5, 5.41) is 14.3. The minimum absolute atomic E-state index is 0.0435. The molecule has 42 heavy (non-hydrogen) atoms. The predicted octanol–water partition coefficient (Wildman–Crippen LogP) is 3.63. The second-order valence-corrected chi connectivity index (χ2v) is 11.2. The van der Waals surface area contributed by atoms with Crippen molar-refractivity contribution in [1.29, 1.82) is 0 Å². The molecule has 11 heteroatoms. The zero-order valence-corrected chi connectivity index (χ0v) is 23.1. The van der Waals surface area contributed by atoms with E-state index in [1.807, 2.05) is 53.4 Å². The molecule has 3 aliphatic heterocycles. The zero-order valence-electron chi connectivity index (χ0n) is 23.1. The van der Waals surface area contributed by atoms with Crippen molar-refractivity contribution in [3.8, 4) is 0 Å². The molecule has 0 radical (unpaired) electrons. The largest absolute Gasteiger partial charge is 0.332 e. The molecule has 5 amide bonds. The van der Waals surface area contributed by atoms with Crippen LogP contribution in [0.4, 0.5) is 15.3 Å². The van der Waals surface area contributed by atoms with Gasteiger partial charge in [-0.25, -0.2) is 9.59 Å². The minimum atomic E-state index is -0.702. The van der Waals surface area contributed by atoms with Gasteiger partial charge in [-0.1, -0.05) is 24.3 Å². The van der Waals surface area contributed by atoms with E-state index in [9.17, 15) is 14.4 Å². The lowest BCUT2D eigenvalue weighted by molar-refractivity contribution is -0.134. The summed E-state index contributed by atoms with van der Waals surface area (Å²) in [6.45, 7) is 2.41. The third kappa shape index (κ3) is 4.91. The molecule has 7 rings (SSSR count). The molecule has 3 N–H and O–H groups in total. The number of benzene rings is 2. The van der Waals surface area contributed by atoms with Crippen LogP contribution in [0.3, 0.4) is 0 Å². The number of carbonyl (C=O) groups is 3. The van der Waals surface area contributed by atoms with Crippen molar-refractivity contribution < 1.29 is 14.4 Å². The number of nitrogens with one attached hydrogen (secondary N) is 3. The van der Waals surface area contributed by atoms with E-state index in [1.54, 1.807) is 28.4 Å². The molecule has 0 aliphatic carbocycles. The van der Waals surface area contributed by atoms with Crippen LogP contribution in [0.25, 0.3) is 10.9 Å². The van der Waals surface area contributed by atoms with E-state index in [0.717, 1.165) is 38.8 Å². The number of pyridine rings is 1. The number of aromatic nitrogens is 3. The molecule has 4 aromatic rings. The highest BCUT2D eigenvalue weighted by Crippen LogP contribution is 2.29. The molecule has 0 bridgehead atoms. The van der Waals surface area contributed by atoms with Gasteiger partial charge in [0.15, 0.2) is 0 Å². The third-order valence-electron chi connectivity index (χ3n) is 8.69. The molecule has 214 valence electrons. The smallest absolute Gasteiger partial charge is 0.322 e. The van der Waals surface area contributed by atoms with E-state index in [-0.39, 0.29) is 24.0 Å². The average Bonchev–Trinajstić information content (AvgIpc) is 3.46. The molecule has 1 atom stereocenters. The summed E-state index contributed by atoms with van der Waals surface area (Å²) in [5.41, 5.74) is 5.90. The Morgan fingerprint density at radius 3 is 2.62 bits per heavy atom. The van der Waals surface area contributed by atoms with Gasteiger partial charge in [-0.15, -0.1) is 0 Å². The van der Waals surface area contributed by atoms with Crippen LogP contribution >= 0.6 is 0 Å². The first-order chi connectivity index (χ1) is 20.5. The van der Waals surface area contributed by atoms with Crippen LogP contribution in [-0.2, 0) is 30.8 Å². The Labute approximate surface area is 242 Å². The maximum atomic E-state index is 13.9. The lowest BCUT2D eigenvalue weighted by Gasteiger charge is -2.40. The Hall–Kier alpha value is -4.93. The fourth-order valence-corrected chi connectivity index (χ4v) is 6.39. The molecule has 3 aliphatic rings. The molecule has 1 fully saturated rings. The number of likely N-dealkylation sites (tertiary alicyclic amines) is 1. The standard InChI is InChI=1S/C31H32N8O3/c40-29-28(15-21-5-6-27-24(16-33-36-27)25(21)19-38(29)17-20-7-11-32-12-8-20)35-30(41)37-13-9-23(10-14-37)39-18-22-3-1-2-4-26(22)34-31(39)42/h1-8,11-12,16,23,28H,9-10,13-15,17-19H2,(H,33,36)(H,34,42)(H,35,41)/t28-/m1/s1. The monoisotopic (exact) mass is 564 g/mol. The van der Waals surface area contributed by atoms with Gasteiger partial charge in [-0.3, -0.25) is 14.9 Å². The highest BCUT2D eigenvalue weighted by atomic mass is 16.2. The first-order valence-corrected chi connectivity index (χ1v) is 14.4. The summed E-state index contributed by atoms with van der Waals surface area (Å²) in [4.78, 5) is 49.8. The van der Waals surface area contributed by atoms with Crippen LogP contribution < -0.4 is 10.6 Å². The van der Waals surface area contributed by atoms with Crippen LogP contribution in [0.1, 0.15) is 35.1 Å². The number of hydrogen-bond acceptors (Lipinski definition) is 5. The highest BCUT2D eigenvalue weighted by molar-refractivity contribution is 5.93. The second kappa shape index (κ2) is 10.8. The van der Waals surface area contributed by atoms with E-state index in [1.165, 1.54) is 0 Å². The van der Waals surface area contributed by atoms with Crippen molar-refractivity contribution >= 4 is 34.6 Å². The number of rotatable bonds is 4. The van der Waals surface area contributed by atoms with Gasteiger partial charge in [0, 0.05) is 68.7 Å². The topological polar surface area (TPSA) is 127 Å². The maximum Gasteiger partial charge on any atom is 0.322 e. The predicted molar refractivity (Wildman–Crippen MR) is 156 cm³/mol. The number of para-hydroxylation sites is 1. The lowest BCUT2D eigenvalue weighted by atomic mass is 9.98. The van der Waals surface area contributed by atoms with E-state index in [0.29, 0.717) is 52.0 Å². The van der Waals surface area contributed by atoms with Gasteiger partial charge in [-0.2, -0.15) is 5.10 Å². The number of carbonyl (C=O) groups excluding carboxylic acids is 3. The lowest BCUT2D eigenvalue weighted by Crippen LogP contribution is -2.55. The minimum Gasteiger partial charge on any atom is -0.332 e. The van der Waals surface area contributed by atoms with Crippen molar-refractivity contribution in [2.24, 2.45) is 0 Å². The number of hydrogen-bond donors (Lipinski definition) is 3. The van der Waals surface area contributed by atoms with Crippen LogP contribution in [-0.4, -0.2) is 73.0 Å². The zero-order chi connectivity index (χ0) is 28.6. The molecule has 0 spiro atoms. The van der Waals surface area contributed by atoms with Crippen molar-refractivity contribution in [2.75, 3.05) is 18.4 Å². The highest BCUT2D eigenvalue weighted by Gasteiger charge is 2.36. The van der Waals surface area contributed by atoms with Crippen molar-refractivity contribution in [1.82, 2.24) is 35.2 Å². The molecule has 1 saturated heterocycles. The fourth-order valence-electron chi connectivity index (χ4n) is 6.39. The van der Waals surface area contributed by atoms with Gasteiger partial charge in [0.2, 0.25) is 5.91 Å². The quantitative estimate of drug-likeness (QED) is 0.349. The van der Waals surface area contributed by atoms with Crippen molar-refractivity contribution in [2.45, 2.75) is 51.0 Å². The van der Waals surface area contributed by atoms with Gasteiger partial charge >= 0.3 is 12.1 Å². The maximum absolute atomic E-state index is 13.9. The van der Waals surface area contributed by atoms with Crippen molar-refractivity contribution in [3.05, 3.63) is 89.4 Å². The fraction of sp³-hybridized carbons (Fsp3) is 0.323. The van der Waals surface area contributed by atoms with Crippen LogP contribution in [0.15, 0.2) is 67.1 Å². The van der Waals surface area contributed by atoms with Gasteiger partial charge in [0.25, 0.3) is 0 Å². The molecular formula is C31H32N8O3. The number of aromatic amines is 1. The Morgan fingerprint density at radius 1 is 0.976 bits per heavy atom. The Kier molecular flexibility index (Phi) is 6.69. The summed E-state index contributed by atoms with van der Waals surface area (Å²) in [6, 6.07) is 14.6. The third-order valence-corrected chi connectivity index (χ3v) is 8.69. The molecular weight excluding hydrogens is 532 g/mol. The molecule has 5 heterocycles. The van der Waals surface area contributed by atoms with Gasteiger partial charge in [-0.05, 0) is 59.4 Å². The number of amides is 5. The number of H-pyrrole nitrogens is 1. The van der Waals surface area contributed by atoms with E-state index < -0.39 is 6.04 Å². The number of fused-ring (bicyclic) bond motifs is 4. The summed E-state index contributed by atoms with van der Waals surface area (Å²) in [7, 11) is 0.